The van der Waals surface area contributed by atoms with E-state index >= 15 is 0 Å². The minimum absolute atomic E-state index is 0.308. The van der Waals surface area contributed by atoms with Crippen molar-refractivity contribution in [2.24, 2.45) is 0 Å². The number of nitrogens with one attached hydrogen (secondary N) is 2. The van der Waals surface area contributed by atoms with E-state index in [1.54, 1.807) is 12.3 Å². The minimum Gasteiger partial charge on any atom is -0.383 e. The zero-order valence-corrected chi connectivity index (χ0v) is 17.7. The third-order valence-corrected chi connectivity index (χ3v) is 6.41. The second kappa shape index (κ2) is 7.77. The molecule has 0 bridgehead atoms. The van der Waals surface area contributed by atoms with Crippen molar-refractivity contribution in [3.8, 4) is 22.4 Å². The van der Waals surface area contributed by atoms with Gasteiger partial charge in [-0.05, 0) is 50.2 Å². The van der Waals surface area contributed by atoms with Crippen LogP contribution in [0.25, 0.3) is 33.2 Å². The smallest absolute Gasteiger partial charge is 0.132 e. The third kappa shape index (κ3) is 3.36. The number of rotatable bonds is 3. The number of hydrogen-bond acceptors (Lipinski definition) is 5. The number of halogens is 2. The van der Waals surface area contributed by atoms with E-state index in [9.17, 15) is 4.39 Å². The van der Waals surface area contributed by atoms with Gasteiger partial charge in [0, 0.05) is 55.9 Å². The van der Waals surface area contributed by atoms with Gasteiger partial charge in [0.2, 0.25) is 0 Å². The molecule has 1 fully saturated rings. The van der Waals surface area contributed by atoms with Gasteiger partial charge in [-0.25, -0.2) is 9.37 Å². The molecule has 8 heteroatoms. The van der Waals surface area contributed by atoms with Crippen LogP contribution in [0.1, 0.15) is 24.5 Å². The molecule has 1 aromatic carbocycles. The average molecular weight is 467 g/mol. The summed E-state index contributed by atoms with van der Waals surface area (Å²) in [5.74, 6) is 0.504. The third-order valence-electron chi connectivity index (χ3n) is 5.72. The molecule has 4 heterocycles. The molecule has 0 spiro atoms. The number of H-pyrrole nitrogens is 1. The topological polar surface area (TPSA) is 92.5 Å². The molecule has 0 saturated carbocycles. The minimum atomic E-state index is -0.308. The van der Waals surface area contributed by atoms with Crippen LogP contribution in [0.2, 0.25) is 0 Å². The van der Waals surface area contributed by atoms with E-state index in [2.05, 4.69) is 41.4 Å². The molecule has 1 saturated heterocycles. The zero-order valence-electron chi connectivity index (χ0n) is 16.1. The van der Waals surface area contributed by atoms with Gasteiger partial charge < -0.3 is 11.1 Å². The number of benzene rings is 1. The van der Waals surface area contributed by atoms with Gasteiger partial charge in [-0.1, -0.05) is 15.9 Å². The molecule has 5 rings (SSSR count). The van der Waals surface area contributed by atoms with Gasteiger partial charge in [-0.15, -0.1) is 0 Å². The van der Waals surface area contributed by atoms with Gasteiger partial charge in [-0.3, -0.25) is 10.1 Å². The average Bonchev–Trinajstić information content (AvgIpc) is 3.27. The van der Waals surface area contributed by atoms with E-state index in [0.29, 0.717) is 28.4 Å². The zero-order chi connectivity index (χ0) is 20.7. The first-order valence-electron chi connectivity index (χ1n) is 9.86. The second-order valence-corrected chi connectivity index (χ2v) is 8.38. The van der Waals surface area contributed by atoms with Crippen molar-refractivity contribution in [3.05, 3.63) is 58.8 Å². The number of hydrogen-bond donors (Lipinski definition) is 3. The molecule has 6 nitrogen and oxygen atoms in total. The first kappa shape index (κ1) is 19.1. The molecule has 0 aliphatic carbocycles. The van der Waals surface area contributed by atoms with Gasteiger partial charge in [0.25, 0.3) is 0 Å². The van der Waals surface area contributed by atoms with Crippen LogP contribution in [0.5, 0.6) is 0 Å². The molecular weight excluding hydrogens is 447 g/mol. The highest BCUT2D eigenvalue weighted by Crippen LogP contribution is 2.36. The fourth-order valence-corrected chi connectivity index (χ4v) is 4.55. The highest BCUT2D eigenvalue weighted by molar-refractivity contribution is 9.10. The summed E-state index contributed by atoms with van der Waals surface area (Å²) in [5.41, 5.74) is 10.6. The lowest BCUT2D eigenvalue weighted by Crippen LogP contribution is -2.27. The fraction of sp³-hybridized carbons (Fsp3) is 0.227. The van der Waals surface area contributed by atoms with Crippen LogP contribution in [0, 0.1) is 5.82 Å². The van der Waals surface area contributed by atoms with Crippen LogP contribution in [-0.4, -0.2) is 33.3 Å². The van der Waals surface area contributed by atoms with Crippen molar-refractivity contribution in [2.45, 2.75) is 18.8 Å². The normalized spacial score (nSPS) is 15.0. The molecule has 30 heavy (non-hydrogen) atoms. The highest BCUT2D eigenvalue weighted by Gasteiger charge is 2.21. The van der Waals surface area contributed by atoms with Gasteiger partial charge in [-0.2, -0.15) is 5.10 Å². The first-order chi connectivity index (χ1) is 14.6. The van der Waals surface area contributed by atoms with Crippen LogP contribution in [0.4, 0.5) is 10.2 Å². The van der Waals surface area contributed by atoms with Crippen LogP contribution in [0.15, 0.2) is 47.3 Å². The van der Waals surface area contributed by atoms with E-state index in [1.807, 2.05) is 18.3 Å². The molecular formula is C22H20BrFN6. The van der Waals surface area contributed by atoms with Gasteiger partial charge in [0.15, 0.2) is 0 Å². The van der Waals surface area contributed by atoms with Crippen molar-refractivity contribution in [1.82, 2.24) is 25.5 Å². The number of anilines is 1. The maximum Gasteiger partial charge on any atom is 0.132 e. The molecule has 0 radical (unpaired) electrons. The summed E-state index contributed by atoms with van der Waals surface area (Å²) < 4.78 is 14.9. The Hall–Kier alpha value is -2.84. The Morgan fingerprint density at radius 1 is 1.00 bits per heavy atom. The Morgan fingerprint density at radius 3 is 2.67 bits per heavy atom. The summed E-state index contributed by atoms with van der Waals surface area (Å²) in [7, 11) is 0. The largest absolute Gasteiger partial charge is 0.383 e. The van der Waals surface area contributed by atoms with Crippen molar-refractivity contribution < 1.29 is 4.39 Å². The van der Waals surface area contributed by atoms with Crippen LogP contribution >= 0.6 is 15.9 Å². The van der Waals surface area contributed by atoms with E-state index in [-0.39, 0.29) is 5.82 Å². The predicted molar refractivity (Wildman–Crippen MR) is 119 cm³/mol. The Labute approximate surface area is 181 Å². The van der Waals surface area contributed by atoms with Gasteiger partial charge in [0.05, 0.1) is 11.9 Å². The summed E-state index contributed by atoms with van der Waals surface area (Å²) in [4.78, 5) is 8.88. The summed E-state index contributed by atoms with van der Waals surface area (Å²) >= 11 is 3.50. The second-order valence-electron chi connectivity index (χ2n) is 7.52. The van der Waals surface area contributed by atoms with Crippen LogP contribution in [0.3, 0.4) is 0 Å². The molecule has 4 N–H and O–H groups in total. The Bertz CT molecular complexity index is 1230. The number of piperidine rings is 1. The van der Waals surface area contributed by atoms with E-state index < -0.39 is 0 Å². The van der Waals surface area contributed by atoms with Gasteiger partial charge >= 0.3 is 0 Å². The lowest BCUT2D eigenvalue weighted by atomic mass is 9.90. The molecule has 1 aliphatic rings. The molecule has 0 unspecified atom stereocenters. The lowest BCUT2D eigenvalue weighted by molar-refractivity contribution is 0.453. The predicted octanol–water partition coefficient (Wildman–Crippen LogP) is 4.64. The molecule has 152 valence electrons. The van der Waals surface area contributed by atoms with Crippen LogP contribution < -0.4 is 11.1 Å². The Kier molecular flexibility index (Phi) is 4.96. The van der Waals surface area contributed by atoms with E-state index in [1.165, 1.54) is 12.3 Å². The molecule has 0 amide bonds. The Morgan fingerprint density at radius 2 is 1.83 bits per heavy atom. The van der Waals surface area contributed by atoms with Crippen molar-refractivity contribution in [2.75, 3.05) is 18.8 Å². The maximum atomic E-state index is 14.1. The van der Waals surface area contributed by atoms with Crippen molar-refractivity contribution in [3.63, 3.8) is 0 Å². The molecule has 0 atom stereocenters. The quantitative estimate of drug-likeness (QED) is 0.409. The SMILES string of the molecule is Nc1ncc(-c2cn[nH]c2C2CCNCC2)cc1-c1cc2c(Br)ccc(F)c2cn1. The summed E-state index contributed by atoms with van der Waals surface area (Å²) in [5, 5.41) is 12.1. The number of fused-ring (bicyclic) bond motifs is 1. The number of nitrogens with two attached hydrogens (primary N) is 1. The maximum absolute atomic E-state index is 14.1. The highest BCUT2D eigenvalue weighted by atomic mass is 79.9. The van der Waals surface area contributed by atoms with E-state index in [4.69, 9.17) is 5.73 Å². The lowest BCUT2D eigenvalue weighted by Gasteiger charge is -2.22. The molecule has 3 aromatic heterocycles. The van der Waals surface area contributed by atoms with Crippen molar-refractivity contribution in [1.29, 1.82) is 0 Å². The molecule has 1 aliphatic heterocycles. The van der Waals surface area contributed by atoms with Gasteiger partial charge in [0.1, 0.15) is 11.6 Å². The summed E-state index contributed by atoms with van der Waals surface area (Å²) in [6.07, 6.45) is 7.28. The Balaban J connectivity index is 1.59. The number of aromatic amines is 1. The summed E-state index contributed by atoms with van der Waals surface area (Å²) in [6, 6.07) is 6.93. The van der Waals surface area contributed by atoms with Crippen LogP contribution in [-0.2, 0) is 0 Å². The molecule has 4 aromatic rings. The first-order valence-corrected chi connectivity index (χ1v) is 10.6. The number of nitrogens with zero attached hydrogens (tertiary/aromatic N) is 3. The monoisotopic (exact) mass is 466 g/mol. The van der Waals surface area contributed by atoms with Crippen molar-refractivity contribution >= 4 is 32.5 Å². The number of nitrogen functional groups attached to an aromatic ring is 1. The fourth-order valence-electron chi connectivity index (χ4n) is 4.09. The number of pyridine rings is 2. The number of aromatic nitrogens is 4. The summed E-state index contributed by atoms with van der Waals surface area (Å²) in [6.45, 7) is 2.00. The van der Waals surface area contributed by atoms with E-state index in [0.717, 1.165) is 52.6 Å². The standard InChI is InChI=1S/C22H20BrFN6/c23-18-1-2-19(24)17-10-27-20(8-14(17)18)15-7-13(9-28-22(15)25)16-11-29-30-21(16)12-3-5-26-6-4-12/h1-2,7-12,26H,3-6H2,(H2,25,28)(H,29,30).